The van der Waals surface area contributed by atoms with Gasteiger partial charge in [-0.2, -0.15) is 0 Å². The van der Waals surface area contributed by atoms with E-state index in [0.29, 0.717) is 19.6 Å². The molecule has 3 nitrogen and oxygen atoms in total. The number of carbonyl (C=O) groups is 1. The second kappa shape index (κ2) is 6.71. The Kier molecular flexibility index (Phi) is 4.97. The molecule has 1 aromatic rings. The van der Waals surface area contributed by atoms with E-state index in [1.54, 1.807) is 0 Å². The Balaban J connectivity index is 2.03. The minimum Gasteiger partial charge on any atom is -0.464 e. The maximum Gasteiger partial charge on any atom is 0.338 e. The molecule has 1 saturated heterocycles. The second-order valence-electron chi connectivity index (χ2n) is 5.01. The molecule has 1 fully saturated rings. The summed E-state index contributed by atoms with van der Waals surface area (Å²) in [5.74, 6) is -0.189. The summed E-state index contributed by atoms with van der Waals surface area (Å²) in [5.41, 5.74) is 0.518. The fraction of sp³-hybridized carbons (Fsp3) is 0.562. The van der Waals surface area contributed by atoms with E-state index >= 15 is 0 Å². The van der Waals surface area contributed by atoms with Crippen LogP contribution >= 0.6 is 0 Å². The van der Waals surface area contributed by atoms with Crippen LogP contribution in [0.3, 0.4) is 0 Å². The Hall–Kier alpha value is -1.35. The van der Waals surface area contributed by atoms with E-state index in [2.05, 4.69) is 12.1 Å². The SMILES string of the molecule is CCOC(=O)C1(CCc2ccccc2)CCCCO1. The minimum atomic E-state index is -0.718. The number of ether oxygens (including phenoxy) is 2. The number of aryl methyl sites for hydroxylation is 1. The third kappa shape index (κ3) is 3.57. The topological polar surface area (TPSA) is 35.5 Å². The van der Waals surface area contributed by atoms with Crippen LogP contribution < -0.4 is 0 Å². The third-order valence-electron chi connectivity index (χ3n) is 3.66. The number of esters is 1. The second-order valence-corrected chi connectivity index (χ2v) is 5.01. The molecule has 1 aliphatic heterocycles. The molecule has 0 aliphatic carbocycles. The first-order valence-electron chi connectivity index (χ1n) is 7.12. The molecule has 1 aromatic carbocycles. The highest BCUT2D eigenvalue weighted by Gasteiger charge is 2.41. The quantitative estimate of drug-likeness (QED) is 0.765. The zero-order chi connectivity index (χ0) is 13.6. The summed E-state index contributed by atoms with van der Waals surface area (Å²) in [6.07, 6.45) is 4.40. The van der Waals surface area contributed by atoms with Gasteiger partial charge in [-0.25, -0.2) is 4.79 Å². The predicted octanol–water partition coefficient (Wildman–Crippen LogP) is 3.12. The van der Waals surface area contributed by atoms with E-state index in [4.69, 9.17) is 9.47 Å². The van der Waals surface area contributed by atoms with Crippen LogP contribution in [0.5, 0.6) is 0 Å². The van der Waals surface area contributed by atoms with Crippen molar-refractivity contribution in [2.45, 2.75) is 44.6 Å². The molecule has 0 aromatic heterocycles. The fourth-order valence-electron chi connectivity index (χ4n) is 2.57. The van der Waals surface area contributed by atoms with Crippen molar-refractivity contribution in [3.05, 3.63) is 35.9 Å². The van der Waals surface area contributed by atoms with Crippen LogP contribution in [0.2, 0.25) is 0 Å². The summed E-state index contributed by atoms with van der Waals surface area (Å²) in [7, 11) is 0. The monoisotopic (exact) mass is 262 g/mol. The van der Waals surface area contributed by atoms with Crippen molar-refractivity contribution in [1.82, 2.24) is 0 Å². The Labute approximate surface area is 114 Å². The molecule has 3 heteroatoms. The summed E-state index contributed by atoms with van der Waals surface area (Å²) in [4.78, 5) is 12.2. The third-order valence-corrected chi connectivity index (χ3v) is 3.66. The summed E-state index contributed by atoms with van der Waals surface area (Å²) >= 11 is 0. The molecule has 0 N–H and O–H groups in total. The smallest absolute Gasteiger partial charge is 0.338 e. The Morgan fingerprint density at radius 3 is 2.74 bits per heavy atom. The van der Waals surface area contributed by atoms with Gasteiger partial charge in [0.05, 0.1) is 6.61 Å². The molecule has 0 amide bonds. The van der Waals surface area contributed by atoms with Crippen molar-refractivity contribution in [1.29, 1.82) is 0 Å². The van der Waals surface area contributed by atoms with Crippen LogP contribution in [0.15, 0.2) is 30.3 Å². The highest BCUT2D eigenvalue weighted by Crippen LogP contribution is 2.31. The van der Waals surface area contributed by atoms with Crippen molar-refractivity contribution >= 4 is 5.97 Å². The van der Waals surface area contributed by atoms with E-state index in [1.165, 1.54) is 5.56 Å². The number of carbonyl (C=O) groups excluding carboxylic acids is 1. The normalized spacial score (nSPS) is 23.0. The van der Waals surface area contributed by atoms with Gasteiger partial charge in [0.25, 0.3) is 0 Å². The van der Waals surface area contributed by atoms with Crippen LogP contribution in [0.1, 0.15) is 38.2 Å². The van der Waals surface area contributed by atoms with Gasteiger partial charge in [0, 0.05) is 6.61 Å². The molecular weight excluding hydrogens is 240 g/mol. The molecule has 1 heterocycles. The zero-order valence-electron chi connectivity index (χ0n) is 11.6. The number of hydrogen-bond acceptors (Lipinski definition) is 3. The van der Waals surface area contributed by atoms with Gasteiger partial charge in [-0.1, -0.05) is 30.3 Å². The lowest BCUT2D eigenvalue weighted by molar-refractivity contribution is -0.179. The van der Waals surface area contributed by atoms with Gasteiger partial charge in [0.1, 0.15) is 0 Å². The highest BCUT2D eigenvalue weighted by atomic mass is 16.6. The van der Waals surface area contributed by atoms with E-state index in [9.17, 15) is 4.79 Å². The summed E-state index contributed by atoms with van der Waals surface area (Å²) in [6.45, 7) is 2.91. The molecule has 19 heavy (non-hydrogen) atoms. The van der Waals surface area contributed by atoms with Crippen LogP contribution in [0.4, 0.5) is 0 Å². The van der Waals surface area contributed by atoms with Gasteiger partial charge >= 0.3 is 5.97 Å². The minimum absolute atomic E-state index is 0.189. The standard InChI is InChI=1S/C16H22O3/c1-2-18-15(17)16(11-6-7-13-19-16)12-10-14-8-4-3-5-9-14/h3-5,8-9H,2,6-7,10-13H2,1H3. The van der Waals surface area contributed by atoms with E-state index in [0.717, 1.165) is 25.7 Å². The molecule has 0 spiro atoms. The van der Waals surface area contributed by atoms with Crippen molar-refractivity contribution < 1.29 is 14.3 Å². The molecule has 0 bridgehead atoms. The highest BCUT2D eigenvalue weighted by molar-refractivity contribution is 5.79. The van der Waals surface area contributed by atoms with Crippen LogP contribution in [-0.4, -0.2) is 24.8 Å². The Bertz CT molecular complexity index is 394. The number of hydrogen-bond donors (Lipinski definition) is 0. The summed E-state index contributed by atoms with van der Waals surface area (Å²) in [6, 6.07) is 10.2. The fourth-order valence-corrected chi connectivity index (χ4v) is 2.57. The Morgan fingerprint density at radius 1 is 1.32 bits per heavy atom. The molecular formula is C16H22O3. The lowest BCUT2D eigenvalue weighted by Gasteiger charge is -2.35. The lowest BCUT2D eigenvalue weighted by atomic mass is 9.87. The van der Waals surface area contributed by atoms with Gasteiger partial charge in [0.15, 0.2) is 5.60 Å². The zero-order valence-corrected chi connectivity index (χ0v) is 11.6. The molecule has 1 unspecified atom stereocenters. The molecule has 104 valence electrons. The van der Waals surface area contributed by atoms with Gasteiger partial charge in [0.2, 0.25) is 0 Å². The first kappa shape index (κ1) is 14.1. The molecule has 1 atom stereocenters. The molecule has 2 rings (SSSR count). The van der Waals surface area contributed by atoms with Crippen molar-refractivity contribution in [3.63, 3.8) is 0 Å². The van der Waals surface area contributed by atoms with Crippen molar-refractivity contribution in [3.8, 4) is 0 Å². The number of rotatable bonds is 5. The number of benzene rings is 1. The lowest BCUT2D eigenvalue weighted by Crippen LogP contribution is -2.46. The average Bonchev–Trinajstić information content (AvgIpc) is 2.47. The predicted molar refractivity (Wildman–Crippen MR) is 73.9 cm³/mol. The largest absolute Gasteiger partial charge is 0.464 e. The van der Waals surface area contributed by atoms with Gasteiger partial charge in [-0.15, -0.1) is 0 Å². The van der Waals surface area contributed by atoms with E-state index in [-0.39, 0.29) is 5.97 Å². The van der Waals surface area contributed by atoms with E-state index in [1.807, 2.05) is 25.1 Å². The molecule has 1 aliphatic rings. The van der Waals surface area contributed by atoms with Crippen molar-refractivity contribution in [2.24, 2.45) is 0 Å². The van der Waals surface area contributed by atoms with Gasteiger partial charge in [-0.05, 0) is 44.6 Å². The first-order chi connectivity index (χ1) is 9.27. The average molecular weight is 262 g/mol. The van der Waals surface area contributed by atoms with Gasteiger partial charge in [-0.3, -0.25) is 0 Å². The van der Waals surface area contributed by atoms with Crippen LogP contribution in [-0.2, 0) is 20.7 Å². The molecule has 0 saturated carbocycles. The van der Waals surface area contributed by atoms with E-state index < -0.39 is 5.60 Å². The molecule has 0 radical (unpaired) electrons. The first-order valence-corrected chi connectivity index (χ1v) is 7.12. The Morgan fingerprint density at radius 2 is 2.11 bits per heavy atom. The maximum absolute atomic E-state index is 12.2. The summed E-state index contributed by atoms with van der Waals surface area (Å²) < 4.78 is 11.0. The maximum atomic E-state index is 12.2. The van der Waals surface area contributed by atoms with Crippen molar-refractivity contribution in [2.75, 3.05) is 13.2 Å². The van der Waals surface area contributed by atoms with Crippen LogP contribution in [0.25, 0.3) is 0 Å². The van der Waals surface area contributed by atoms with Crippen LogP contribution in [0, 0.1) is 0 Å². The van der Waals surface area contributed by atoms with Gasteiger partial charge < -0.3 is 9.47 Å². The summed E-state index contributed by atoms with van der Waals surface area (Å²) in [5, 5.41) is 0.